The summed E-state index contributed by atoms with van der Waals surface area (Å²) in [5, 5.41) is 19.0. The van der Waals surface area contributed by atoms with Gasteiger partial charge in [0, 0.05) is 0 Å². The van der Waals surface area contributed by atoms with E-state index in [0.717, 1.165) is 30.0 Å². The summed E-state index contributed by atoms with van der Waals surface area (Å²) >= 11 is 2.03. The van der Waals surface area contributed by atoms with Crippen molar-refractivity contribution in [2.75, 3.05) is 44.5 Å². The molecule has 0 aromatic carbocycles. The quantitative estimate of drug-likeness (QED) is 0.132. The fourth-order valence-electron chi connectivity index (χ4n) is 3.78. The van der Waals surface area contributed by atoms with Gasteiger partial charge in [-0.1, -0.05) is 84.5 Å². The first-order valence-electron chi connectivity index (χ1n) is 11.9. The number of rotatable bonds is 22. The fourth-order valence-corrected chi connectivity index (χ4v) is 5.09. The van der Waals surface area contributed by atoms with Crippen molar-refractivity contribution in [3.8, 4) is 0 Å². The summed E-state index contributed by atoms with van der Waals surface area (Å²) in [6, 6.07) is 0. The molecule has 3 nitrogen and oxygen atoms in total. The van der Waals surface area contributed by atoms with Crippen molar-refractivity contribution >= 4 is 11.8 Å². The van der Waals surface area contributed by atoms with E-state index in [1.165, 1.54) is 95.6 Å². The normalized spacial score (nSPS) is 12.0. The molecule has 164 valence electrons. The highest BCUT2D eigenvalue weighted by Crippen LogP contribution is 2.19. The zero-order valence-electron chi connectivity index (χ0n) is 18.6. The Morgan fingerprint density at radius 2 is 1.00 bits per heavy atom. The van der Waals surface area contributed by atoms with Gasteiger partial charge >= 0.3 is 0 Å². The first kappa shape index (κ1) is 27.2. The van der Waals surface area contributed by atoms with Gasteiger partial charge < -0.3 is 14.7 Å². The van der Waals surface area contributed by atoms with Gasteiger partial charge in [-0.25, -0.2) is 0 Å². The van der Waals surface area contributed by atoms with Gasteiger partial charge in [0.05, 0.1) is 19.8 Å². The number of thioether (sulfide) groups is 1. The minimum atomic E-state index is 0.229. The lowest BCUT2D eigenvalue weighted by Crippen LogP contribution is -2.52. The lowest BCUT2D eigenvalue weighted by atomic mass is 10.1. The molecule has 0 saturated heterocycles. The Hall–Kier alpha value is 0.230. The molecule has 0 saturated carbocycles. The number of aliphatic hydroxyl groups is 2. The van der Waals surface area contributed by atoms with E-state index in [1.807, 2.05) is 11.8 Å². The van der Waals surface area contributed by atoms with Crippen LogP contribution in [0, 0.1) is 0 Å². The van der Waals surface area contributed by atoms with Crippen molar-refractivity contribution in [1.29, 1.82) is 0 Å². The molecule has 0 aromatic rings. The number of aliphatic hydroxyl groups excluding tert-OH is 2. The van der Waals surface area contributed by atoms with Gasteiger partial charge in [0.1, 0.15) is 19.0 Å². The standard InChI is InChI=1S/C23H50NO2S/c1-3-5-7-9-10-11-12-13-14-16-22-27-23-24(18-20-25,19-21-26)17-15-8-6-4-2/h25-26H,3-23H2,1-2H3/q+1. The molecule has 0 aliphatic carbocycles. The zero-order chi connectivity index (χ0) is 20.1. The van der Waals surface area contributed by atoms with Gasteiger partial charge in [0.25, 0.3) is 0 Å². The second-order valence-corrected chi connectivity index (χ2v) is 9.31. The molecule has 4 heteroatoms. The smallest absolute Gasteiger partial charge is 0.125 e. The maximum atomic E-state index is 9.52. The predicted molar refractivity (Wildman–Crippen MR) is 122 cm³/mol. The Bertz CT molecular complexity index is 284. The van der Waals surface area contributed by atoms with Crippen LogP contribution in [0.5, 0.6) is 0 Å². The summed E-state index contributed by atoms with van der Waals surface area (Å²) < 4.78 is 0.888. The number of nitrogens with zero attached hydrogens (tertiary/aromatic N) is 1. The third-order valence-corrected chi connectivity index (χ3v) is 6.95. The van der Waals surface area contributed by atoms with Gasteiger partial charge in [0.2, 0.25) is 0 Å². The van der Waals surface area contributed by atoms with Crippen LogP contribution in [0.3, 0.4) is 0 Å². The van der Waals surface area contributed by atoms with Crippen LogP contribution in [0.1, 0.15) is 104 Å². The lowest BCUT2D eigenvalue weighted by Gasteiger charge is -2.37. The number of unbranched alkanes of at least 4 members (excludes halogenated alkanes) is 12. The van der Waals surface area contributed by atoms with Crippen LogP contribution >= 0.6 is 11.8 Å². The van der Waals surface area contributed by atoms with Crippen molar-refractivity contribution in [1.82, 2.24) is 0 Å². The van der Waals surface area contributed by atoms with E-state index in [4.69, 9.17) is 0 Å². The molecule has 0 radical (unpaired) electrons. The minimum Gasteiger partial charge on any atom is -0.391 e. The van der Waals surface area contributed by atoms with Crippen LogP contribution in [0.2, 0.25) is 0 Å². The largest absolute Gasteiger partial charge is 0.391 e. The predicted octanol–water partition coefficient (Wildman–Crippen LogP) is 5.98. The average molecular weight is 405 g/mol. The molecular weight excluding hydrogens is 354 g/mol. The van der Waals surface area contributed by atoms with E-state index in [9.17, 15) is 10.2 Å². The molecular formula is C23H50NO2S+. The van der Waals surface area contributed by atoms with E-state index >= 15 is 0 Å². The molecule has 2 N–H and O–H groups in total. The third kappa shape index (κ3) is 16.9. The van der Waals surface area contributed by atoms with Gasteiger partial charge in [-0.3, -0.25) is 0 Å². The highest BCUT2D eigenvalue weighted by molar-refractivity contribution is 7.99. The zero-order valence-corrected chi connectivity index (χ0v) is 19.4. The van der Waals surface area contributed by atoms with Crippen molar-refractivity contribution in [3.05, 3.63) is 0 Å². The number of quaternary nitrogens is 1. The van der Waals surface area contributed by atoms with Gasteiger partial charge in [-0.15, -0.1) is 11.8 Å². The third-order valence-electron chi connectivity index (χ3n) is 5.64. The molecule has 0 aliphatic rings. The van der Waals surface area contributed by atoms with E-state index in [-0.39, 0.29) is 13.2 Å². The van der Waals surface area contributed by atoms with Gasteiger partial charge in [-0.05, 0) is 25.0 Å². The van der Waals surface area contributed by atoms with E-state index in [0.29, 0.717) is 0 Å². The lowest BCUT2D eigenvalue weighted by molar-refractivity contribution is -0.917. The fraction of sp³-hybridized carbons (Fsp3) is 1.00. The van der Waals surface area contributed by atoms with Crippen LogP contribution in [0.25, 0.3) is 0 Å². The van der Waals surface area contributed by atoms with Crippen molar-refractivity contribution in [2.24, 2.45) is 0 Å². The Morgan fingerprint density at radius 3 is 1.48 bits per heavy atom. The van der Waals surface area contributed by atoms with Crippen LogP contribution < -0.4 is 0 Å². The van der Waals surface area contributed by atoms with Crippen LogP contribution in [0.15, 0.2) is 0 Å². The maximum Gasteiger partial charge on any atom is 0.125 e. The summed E-state index contributed by atoms with van der Waals surface area (Å²) in [7, 11) is 0. The molecule has 0 fully saturated rings. The van der Waals surface area contributed by atoms with Crippen LogP contribution in [-0.2, 0) is 0 Å². The summed E-state index contributed by atoms with van der Waals surface area (Å²) in [4.78, 5) is 0. The maximum absolute atomic E-state index is 9.52. The molecule has 0 spiro atoms. The van der Waals surface area contributed by atoms with E-state index < -0.39 is 0 Å². The second kappa shape index (κ2) is 21.0. The van der Waals surface area contributed by atoms with E-state index in [2.05, 4.69) is 13.8 Å². The van der Waals surface area contributed by atoms with Crippen molar-refractivity contribution < 1.29 is 14.7 Å². The molecule has 0 atom stereocenters. The summed E-state index contributed by atoms with van der Waals surface area (Å²) in [5.41, 5.74) is 0. The Balaban J connectivity index is 3.81. The Morgan fingerprint density at radius 1 is 0.556 bits per heavy atom. The second-order valence-electron chi connectivity index (χ2n) is 8.24. The Labute approximate surface area is 174 Å². The van der Waals surface area contributed by atoms with E-state index in [1.54, 1.807) is 0 Å². The average Bonchev–Trinajstić information content (AvgIpc) is 2.66. The minimum absolute atomic E-state index is 0.229. The molecule has 0 amide bonds. The van der Waals surface area contributed by atoms with Gasteiger partial charge in [0.15, 0.2) is 0 Å². The summed E-state index contributed by atoms with van der Waals surface area (Å²) in [6.07, 6.45) is 19.0. The highest BCUT2D eigenvalue weighted by Gasteiger charge is 2.25. The van der Waals surface area contributed by atoms with Crippen molar-refractivity contribution in [3.63, 3.8) is 0 Å². The summed E-state index contributed by atoms with van der Waals surface area (Å²) in [6.45, 7) is 7.66. The van der Waals surface area contributed by atoms with Crippen LogP contribution in [0.4, 0.5) is 0 Å². The first-order valence-corrected chi connectivity index (χ1v) is 13.0. The molecule has 0 unspecified atom stereocenters. The molecule has 0 aromatic heterocycles. The topological polar surface area (TPSA) is 40.5 Å². The first-order chi connectivity index (χ1) is 13.2. The molecule has 27 heavy (non-hydrogen) atoms. The van der Waals surface area contributed by atoms with Crippen LogP contribution in [-0.4, -0.2) is 59.2 Å². The highest BCUT2D eigenvalue weighted by atomic mass is 32.2. The SMILES string of the molecule is CCCCCCCCCCCCSC[N+](CCO)(CCO)CCCCCC. The summed E-state index contributed by atoms with van der Waals surface area (Å²) in [5.74, 6) is 2.27. The monoisotopic (exact) mass is 404 g/mol. The Kier molecular flexibility index (Phi) is 21.1. The van der Waals surface area contributed by atoms with Crippen molar-refractivity contribution in [2.45, 2.75) is 104 Å². The molecule has 0 rings (SSSR count). The molecule has 0 heterocycles. The molecule has 0 aliphatic heterocycles. The number of hydrogen-bond acceptors (Lipinski definition) is 3. The van der Waals surface area contributed by atoms with Gasteiger partial charge in [-0.2, -0.15) is 0 Å². The number of hydrogen-bond donors (Lipinski definition) is 2. The molecule has 0 bridgehead atoms.